The van der Waals surface area contributed by atoms with E-state index >= 15 is 0 Å². The first-order valence-electron chi connectivity index (χ1n) is 1.03. The standard InChI is InChI=1S/Ca.Mg.H5O3PSi.4H/c;;1-4(2,3)5;;;;/h;;5H3,(H2,1,2,3);;;;. The van der Waals surface area contributed by atoms with Crippen molar-refractivity contribution >= 4 is 77.8 Å². The van der Waals surface area contributed by atoms with Gasteiger partial charge in [0.25, 0.3) is 7.14 Å². The molecule has 0 radical (unpaired) electrons. The van der Waals surface area contributed by atoms with Gasteiger partial charge in [-0.2, -0.15) is 0 Å². The zero-order chi connectivity index (χ0) is 4.50. The average Bonchev–Trinajstić information content (AvgIpc) is 0.722. The van der Waals surface area contributed by atoms with Crippen LogP contribution in [-0.4, -0.2) is 80.5 Å². The second kappa shape index (κ2) is 6.51. The number of rotatable bonds is 0. The monoisotopic (exact) mass is 180 g/mol. The molecule has 0 aliphatic carbocycles. The van der Waals surface area contributed by atoms with Crippen molar-refractivity contribution in [2.75, 3.05) is 0 Å². The third-order valence-electron chi connectivity index (χ3n) is 0. The maximum atomic E-state index is 9.39. The zero-order valence-electron chi connectivity index (χ0n) is 2.75. The van der Waals surface area contributed by atoms with E-state index in [1.165, 1.54) is 0 Å². The van der Waals surface area contributed by atoms with Crippen molar-refractivity contribution in [1.82, 2.24) is 0 Å². The summed E-state index contributed by atoms with van der Waals surface area (Å²) in [7, 11) is -3.53. The summed E-state index contributed by atoms with van der Waals surface area (Å²) in [5.74, 6) is 0. The van der Waals surface area contributed by atoms with Gasteiger partial charge < -0.3 is 9.79 Å². The Labute approximate surface area is 90.8 Å². The van der Waals surface area contributed by atoms with Gasteiger partial charge in [-0.15, -0.1) is 0 Å². The SMILES string of the molecule is O=P(O)(O)[SiH3].[CaH2].[MgH2]. The van der Waals surface area contributed by atoms with E-state index in [0.717, 1.165) is 0 Å². The van der Waals surface area contributed by atoms with E-state index in [4.69, 9.17) is 9.79 Å². The van der Waals surface area contributed by atoms with Gasteiger partial charge in [-0.25, -0.2) is 0 Å². The van der Waals surface area contributed by atoms with E-state index in [-0.39, 0.29) is 70.7 Å². The minimum atomic E-state index is -3.50. The normalized spacial score (nSPS) is 8.86. The van der Waals surface area contributed by atoms with Crippen molar-refractivity contribution in [3.8, 4) is 0 Å². The van der Waals surface area contributed by atoms with Crippen molar-refractivity contribution in [3.05, 3.63) is 0 Å². The van der Waals surface area contributed by atoms with Gasteiger partial charge in [0.05, 0.1) is 0 Å². The molecular formula is H9CaMgO3PSi. The first-order valence-corrected chi connectivity index (χ1v) is 5.77. The summed E-state index contributed by atoms with van der Waals surface area (Å²) in [4.78, 5) is 15.4. The molecule has 0 aliphatic heterocycles. The molecule has 0 saturated heterocycles. The molecule has 0 aromatic heterocycles. The Balaban J connectivity index is -0.0000000800. The Morgan fingerprint density at radius 2 is 1.43 bits per heavy atom. The molecule has 0 rings (SSSR count). The molecule has 0 aromatic rings. The van der Waals surface area contributed by atoms with Gasteiger partial charge >= 0.3 is 60.8 Å². The number of hydrogen-bond acceptors (Lipinski definition) is 1. The predicted molar refractivity (Wildman–Crippen MR) is 39.1 cm³/mol. The van der Waals surface area contributed by atoms with Gasteiger partial charge in [0.15, 0.2) is 0 Å². The molecule has 7 heteroatoms. The Kier molecular flexibility index (Phi) is 15.1. The smallest absolute Gasteiger partial charge is 0.316 e. The van der Waals surface area contributed by atoms with Crippen LogP contribution in [0.4, 0.5) is 0 Å². The molecule has 2 N–H and O–H groups in total. The van der Waals surface area contributed by atoms with Crippen LogP contribution in [0.2, 0.25) is 0 Å². The molecule has 3 nitrogen and oxygen atoms in total. The quantitative estimate of drug-likeness (QED) is 0.302. The van der Waals surface area contributed by atoms with Crippen LogP contribution in [0.1, 0.15) is 0 Å². The minimum Gasteiger partial charge on any atom is 0.316 e. The van der Waals surface area contributed by atoms with Crippen molar-refractivity contribution in [3.63, 3.8) is 0 Å². The first-order chi connectivity index (χ1) is 2.00. The maximum absolute atomic E-state index is 9.39. The molecule has 40 valence electrons. The predicted octanol–water partition coefficient (Wildman–Crippen LogP) is -3.39. The fourth-order valence-corrected chi connectivity index (χ4v) is 0. The summed E-state index contributed by atoms with van der Waals surface area (Å²) in [6, 6.07) is 0. The number of hydrogen-bond donors (Lipinski definition) is 2. The van der Waals surface area contributed by atoms with Crippen LogP contribution < -0.4 is 0 Å². The molecule has 0 atom stereocenters. The van der Waals surface area contributed by atoms with E-state index in [1.807, 2.05) is 0 Å². The van der Waals surface area contributed by atoms with Crippen molar-refractivity contribution in [2.45, 2.75) is 0 Å². The largest absolute Gasteiger partial charge is 0.316 e. The summed E-state index contributed by atoms with van der Waals surface area (Å²) in [6.45, 7) is 0. The Bertz CT molecular complexity index is 61.1. The molecule has 0 bridgehead atoms. The average molecular weight is 181 g/mol. The van der Waals surface area contributed by atoms with Crippen LogP contribution in [0.5, 0.6) is 0 Å². The molecule has 0 fully saturated rings. The molecule has 0 spiro atoms. The van der Waals surface area contributed by atoms with Gasteiger partial charge in [0, 0.05) is 0 Å². The topological polar surface area (TPSA) is 57.5 Å². The summed E-state index contributed by atoms with van der Waals surface area (Å²) >= 11 is 0. The molecule has 0 heterocycles. The molecule has 7 heavy (non-hydrogen) atoms. The molecule has 0 amide bonds. The van der Waals surface area contributed by atoms with Crippen LogP contribution in [0.15, 0.2) is 0 Å². The first kappa shape index (κ1) is 16.2. The summed E-state index contributed by atoms with van der Waals surface area (Å²) in [5.41, 5.74) is 0. The Morgan fingerprint density at radius 1 is 1.43 bits per heavy atom. The van der Waals surface area contributed by atoms with E-state index < -0.39 is 7.14 Å². The molecular weight excluding hydrogens is 171 g/mol. The fourth-order valence-electron chi connectivity index (χ4n) is 0. The molecule has 0 aromatic carbocycles. The maximum Gasteiger partial charge on any atom is 0.316 e. The second-order valence-electron chi connectivity index (χ2n) is 0.835. The summed E-state index contributed by atoms with van der Waals surface area (Å²) < 4.78 is 9.39. The molecule has 0 saturated carbocycles. The van der Waals surface area contributed by atoms with Gasteiger partial charge in [0.1, 0.15) is 9.91 Å². The van der Waals surface area contributed by atoms with E-state index in [0.29, 0.717) is 0 Å². The Hall–Kier alpha value is 2.39. The van der Waals surface area contributed by atoms with Gasteiger partial charge in [-0.05, 0) is 0 Å². The summed E-state index contributed by atoms with van der Waals surface area (Å²) in [5, 5.41) is 0. The van der Waals surface area contributed by atoms with Crippen molar-refractivity contribution in [2.24, 2.45) is 0 Å². The van der Waals surface area contributed by atoms with E-state index in [1.54, 1.807) is 0 Å². The van der Waals surface area contributed by atoms with Crippen LogP contribution in [0.3, 0.4) is 0 Å². The van der Waals surface area contributed by atoms with Crippen LogP contribution in [-0.2, 0) is 4.57 Å². The zero-order valence-corrected chi connectivity index (χ0v) is 5.64. The fraction of sp³-hybridized carbons (Fsp3) is 0. The van der Waals surface area contributed by atoms with Crippen molar-refractivity contribution in [1.29, 1.82) is 0 Å². The minimum absolute atomic E-state index is 0. The van der Waals surface area contributed by atoms with Gasteiger partial charge in [-0.3, -0.25) is 4.57 Å². The van der Waals surface area contributed by atoms with E-state index in [2.05, 4.69) is 0 Å². The van der Waals surface area contributed by atoms with Crippen LogP contribution in [0.25, 0.3) is 0 Å². The third kappa shape index (κ3) is 59.9. The third-order valence-corrected chi connectivity index (χ3v) is 0. The second-order valence-corrected chi connectivity index (χ2v) is 6.00. The van der Waals surface area contributed by atoms with Crippen molar-refractivity contribution < 1.29 is 14.4 Å². The van der Waals surface area contributed by atoms with Gasteiger partial charge in [-0.1, -0.05) is 0 Å². The van der Waals surface area contributed by atoms with Crippen LogP contribution >= 0.6 is 7.14 Å². The van der Waals surface area contributed by atoms with Gasteiger partial charge in [0.2, 0.25) is 0 Å². The molecule has 0 aliphatic rings. The van der Waals surface area contributed by atoms with Crippen LogP contribution in [0, 0.1) is 0 Å². The molecule has 0 unspecified atom stereocenters. The summed E-state index contributed by atoms with van der Waals surface area (Å²) in [6.07, 6.45) is 0. The van der Waals surface area contributed by atoms with E-state index in [9.17, 15) is 4.57 Å². The Morgan fingerprint density at radius 3 is 1.43 bits per heavy atom.